The van der Waals surface area contributed by atoms with Crippen molar-refractivity contribution in [3.8, 4) is 0 Å². The van der Waals surface area contributed by atoms with Gasteiger partial charge in [-0.1, -0.05) is 36.2 Å². The zero-order chi connectivity index (χ0) is 22.5. The summed E-state index contributed by atoms with van der Waals surface area (Å²) in [4.78, 5) is 24.8. The Morgan fingerprint density at radius 1 is 1.13 bits per heavy atom. The molecule has 0 saturated carbocycles. The van der Waals surface area contributed by atoms with E-state index in [1.807, 2.05) is 6.92 Å². The highest BCUT2D eigenvalue weighted by Crippen LogP contribution is 2.27. The Labute approximate surface area is 182 Å². The zero-order valence-electron chi connectivity index (χ0n) is 17.3. The SMILES string of the molecule is CCOC(=O)c1ccc(NC(=O)[C@@H](CC)N(c2ccc(C)cc2)S(C)(=O)=O)c(Cl)c1. The number of anilines is 2. The number of rotatable bonds is 8. The molecule has 1 amide bonds. The first-order valence-electron chi connectivity index (χ1n) is 9.42. The Balaban J connectivity index is 2.32. The summed E-state index contributed by atoms with van der Waals surface area (Å²) < 4.78 is 31.0. The van der Waals surface area contributed by atoms with Gasteiger partial charge in [0.1, 0.15) is 6.04 Å². The molecule has 1 atom stereocenters. The normalized spacial score (nSPS) is 12.2. The molecule has 0 aliphatic rings. The maximum Gasteiger partial charge on any atom is 0.338 e. The van der Waals surface area contributed by atoms with E-state index in [-0.39, 0.29) is 29.3 Å². The Kier molecular flexibility index (Phi) is 7.86. The molecule has 0 heterocycles. The second kappa shape index (κ2) is 9.95. The molecule has 0 aromatic heterocycles. The summed E-state index contributed by atoms with van der Waals surface area (Å²) >= 11 is 6.22. The first kappa shape index (κ1) is 23.7. The molecule has 30 heavy (non-hydrogen) atoms. The van der Waals surface area contributed by atoms with Gasteiger partial charge in [-0.05, 0) is 50.6 Å². The van der Waals surface area contributed by atoms with Crippen molar-refractivity contribution in [2.45, 2.75) is 33.2 Å². The molecule has 162 valence electrons. The third-order valence-electron chi connectivity index (χ3n) is 4.36. The van der Waals surface area contributed by atoms with Crippen LogP contribution in [0.15, 0.2) is 42.5 Å². The van der Waals surface area contributed by atoms with Gasteiger partial charge in [0.15, 0.2) is 0 Å². The topological polar surface area (TPSA) is 92.8 Å². The predicted molar refractivity (Wildman–Crippen MR) is 119 cm³/mol. The third-order valence-corrected chi connectivity index (χ3v) is 5.85. The Hall–Kier alpha value is -2.58. The van der Waals surface area contributed by atoms with Gasteiger partial charge in [-0.15, -0.1) is 0 Å². The van der Waals surface area contributed by atoms with Crippen LogP contribution in [-0.2, 0) is 19.6 Å². The van der Waals surface area contributed by atoms with Gasteiger partial charge in [0, 0.05) is 0 Å². The molecule has 0 unspecified atom stereocenters. The van der Waals surface area contributed by atoms with Crippen LogP contribution < -0.4 is 9.62 Å². The molecule has 9 heteroatoms. The van der Waals surface area contributed by atoms with Crippen molar-refractivity contribution in [1.29, 1.82) is 0 Å². The summed E-state index contributed by atoms with van der Waals surface area (Å²) in [5, 5.41) is 2.81. The average Bonchev–Trinajstić information content (AvgIpc) is 2.67. The van der Waals surface area contributed by atoms with E-state index in [2.05, 4.69) is 5.32 Å². The Morgan fingerprint density at radius 2 is 1.77 bits per heavy atom. The van der Waals surface area contributed by atoms with Crippen molar-refractivity contribution in [2.75, 3.05) is 22.5 Å². The molecule has 2 rings (SSSR count). The number of carbonyl (C=O) groups is 2. The Bertz CT molecular complexity index is 1020. The van der Waals surface area contributed by atoms with Crippen LogP contribution in [0.25, 0.3) is 0 Å². The highest BCUT2D eigenvalue weighted by Gasteiger charge is 2.31. The van der Waals surface area contributed by atoms with Gasteiger partial charge in [0.2, 0.25) is 15.9 Å². The molecule has 0 aliphatic heterocycles. The van der Waals surface area contributed by atoms with Crippen LogP contribution in [0.2, 0.25) is 5.02 Å². The fraction of sp³-hybridized carbons (Fsp3) is 0.333. The minimum atomic E-state index is -3.74. The lowest BCUT2D eigenvalue weighted by atomic mass is 10.1. The van der Waals surface area contributed by atoms with Crippen LogP contribution in [-0.4, -0.2) is 39.2 Å². The molecule has 0 bridgehead atoms. The Morgan fingerprint density at radius 3 is 2.27 bits per heavy atom. The van der Waals surface area contributed by atoms with E-state index in [1.165, 1.54) is 18.2 Å². The smallest absolute Gasteiger partial charge is 0.338 e. The summed E-state index contributed by atoms with van der Waals surface area (Å²) in [6, 6.07) is 10.3. The van der Waals surface area contributed by atoms with Crippen LogP contribution in [0.5, 0.6) is 0 Å². The van der Waals surface area contributed by atoms with Crippen LogP contribution in [0.4, 0.5) is 11.4 Å². The van der Waals surface area contributed by atoms with E-state index in [0.717, 1.165) is 16.1 Å². The maximum absolute atomic E-state index is 13.0. The van der Waals surface area contributed by atoms with Crippen molar-refractivity contribution in [2.24, 2.45) is 0 Å². The number of nitrogens with one attached hydrogen (secondary N) is 1. The van der Waals surface area contributed by atoms with Gasteiger partial charge in [0.05, 0.1) is 34.8 Å². The van der Waals surface area contributed by atoms with Gasteiger partial charge in [0.25, 0.3) is 0 Å². The van der Waals surface area contributed by atoms with Gasteiger partial charge in [-0.2, -0.15) is 0 Å². The van der Waals surface area contributed by atoms with Crippen molar-refractivity contribution >= 4 is 44.9 Å². The molecule has 1 N–H and O–H groups in total. The lowest BCUT2D eigenvalue weighted by Gasteiger charge is -2.30. The summed E-state index contributed by atoms with van der Waals surface area (Å²) in [5.74, 6) is -1.05. The molecule has 0 saturated heterocycles. The third kappa shape index (κ3) is 5.73. The van der Waals surface area contributed by atoms with Crippen LogP contribution in [0.3, 0.4) is 0 Å². The zero-order valence-corrected chi connectivity index (χ0v) is 18.9. The molecule has 0 spiro atoms. The highest BCUT2D eigenvalue weighted by atomic mass is 35.5. The monoisotopic (exact) mass is 452 g/mol. The lowest BCUT2D eigenvalue weighted by molar-refractivity contribution is -0.117. The number of hydrogen-bond acceptors (Lipinski definition) is 5. The average molecular weight is 453 g/mol. The molecular formula is C21H25ClN2O5S. The quantitative estimate of drug-likeness (QED) is 0.611. The number of aryl methyl sites for hydroxylation is 1. The number of halogens is 1. The molecule has 0 radical (unpaired) electrons. The molecule has 7 nitrogen and oxygen atoms in total. The van der Waals surface area contributed by atoms with Crippen molar-refractivity contribution in [3.63, 3.8) is 0 Å². The van der Waals surface area contributed by atoms with Crippen LogP contribution >= 0.6 is 11.6 Å². The van der Waals surface area contributed by atoms with Crippen LogP contribution in [0.1, 0.15) is 36.2 Å². The largest absolute Gasteiger partial charge is 0.462 e. The van der Waals surface area contributed by atoms with Gasteiger partial charge in [-0.3, -0.25) is 9.10 Å². The first-order chi connectivity index (χ1) is 14.1. The summed E-state index contributed by atoms with van der Waals surface area (Å²) in [6.07, 6.45) is 1.30. The lowest BCUT2D eigenvalue weighted by Crippen LogP contribution is -2.47. The summed E-state index contributed by atoms with van der Waals surface area (Å²) in [5.41, 5.74) is 1.89. The number of ether oxygens (including phenoxy) is 1. The second-order valence-electron chi connectivity index (χ2n) is 6.72. The predicted octanol–water partition coefficient (Wildman–Crippen LogP) is 4.01. The van der Waals surface area contributed by atoms with Gasteiger partial charge in [-0.25, -0.2) is 13.2 Å². The first-order valence-corrected chi connectivity index (χ1v) is 11.6. The number of benzene rings is 2. The molecule has 2 aromatic rings. The number of hydrogen-bond donors (Lipinski definition) is 1. The molecule has 0 aliphatic carbocycles. The van der Waals surface area contributed by atoms with E-state index in [1.54, 1.807) is 38.1 Å². The van der Waals surface area contributed by atoms with Gasteiger partial charge >= 0.3 is 5.97 Å². The second-order valence-corrected chi connectivity index (χ2v) is 8.99. The molecule has 2 aromatic carbocycles. The van der Waals surface area contributed by atoms with Crippen LogP contribution in [0, 0.1) is 6.92 Å². The van der Waals surface area contributed by atoms with E-state index >= 15 is 0 Å². The van der Waals surface area contributed by atoms with Crippen molar-refractivity contribution < 1.29 is 22.7 Å². The fourth-order valence-electron chi connectivity index (χ4n) is 2.93. The number of carbonyl (C=O) groups excluding carboxylic acids is 2. The fourth-order valence-corrected chi connectivity index (χ4v) is 4.37. The number of nitrogens with zero attached hydrogens (tertiary/aromatic N) is 1. The maximum atomic E-state index is 13.0. The van der Waals surface area contributed by atoms with E-state index in [4.69, 9.17) is 16.3 Å². The standard InChI is InChI=1S/C21H25ClN2O5S/c1-5-19(24(30(4,27)28)16-10-7-14(3)8-11-16)20(25)23-18-12-9-15(13-17(18)22)21(26)29-6-2/h7-13,19H,5-6H2,1-4H3,(H,23,25)/t19-/m1/s1. The number of esters is 1. The molecular weight excluding hydrogens is 428 g/mol. The van der Waals surface area contributed by atoms with E-state index < -0.39 is 27.9 Å². The number of amides is 1. The van der Waals surface area contributed by atoms with E-state index in [0.29, 0.717) is 5.69 Å². The van der Waals surface area contributed by atoms with Crippen molar-refractivity contribution in [3.05, 3.63) is 58.6 Å². The summed E-state index contributed by atoms with van der Waals surface area (Å²) in [7, 11) is -3.74. The van der Waals surface area contributed by atoms with E-state index in [9.17, 15) is 18.0 Å². The minimum absolute atomic E-state index is 0.144. The number of sulfonamides is 1. The van der Waals surface area contributed by atoms with Crippen molar-refractivity contribution in [1.82, 2.24) is 0 Å². The van der Waals surface area contributed by atoms with Gasteiger partial charge < -0.3 is 10.1 Å². The molecule has 0 fully saturated rings. The highest BCUT2D eigenvalue weighted by molar-refractivity contribution is 7.92. The summed E-state index contributed by atoms with van der Waals surface area (Å²) in [6.45, 7) is 5.54. The minimum Gasteiger partial charge on any atom is -0.462 e.